The highest BCUT2D eigenvalue weighted by atomic mass is 35.5. The van der Waals surface area contributed by atoms with Crippen LogP contribution >= 0.6 is 11.6 Å². The van der Waals surface area contributed by atoms with Crippen LogP contribution in [0.15, 0.2) is 59.6 Å². The van der Waals surface area contributed by atoms with Crippen molar-refractivity contribution in [2.75, 3.05) is 0 Å². The maximum atomic E-state index is 6.16. The number of benzene rings is 2. The number of halogens is 1. The third-order valence-electron chi connectivity index (χ3n) is 2.53. The Bertz CT molecular complexity index is 500. The monoisotopic (exact) mass is 243 g/mol. The molecule has 0 saturated heterocycles. The van der Waals surface area contributed by atoms with E-state index in [-0.39, 0.29) is 0 Å². The second-order valence-electron chi connectivity index (χ2n) is 3.96. The Morgan fingerprint density at radius 3 is 2.29 bits per heavy atom. The highest BCUT2D eigenvalue weighted by Crippen LogP contribution is 2.09. The molecule has 0 atom stereocenters. The Morgan fingerprint density at radius 1 is 1.00 bits per heavy atom. The molecule has 0 bridgehead atoms. The maximum absolute atomic E-state index is 6.16. The van der Waals surface area contributed by atoms with Crippen molar-refractivity contribution in [2.45, 2.75) is 13.5 Å². The minimum absolute atomic E-state index is 0.564. The summed E-state index contributed by atoms with van der Waals surface area (Å²) >= 11 is 6.16. The SMILES string of the molecule is Cc1ccc(C(Cl)=NCc2ccccc2)cc1. The van der Waals surface area contributed by atoms with Gasteiger partial charge in [-0.05, 0) is 12.5 Å². The zero-order valence-corrected chi connectivity index (χ0v) is 10.5. The first kappa shape index (κ1) is 11.9. The lowest BCUT2D eigenvalue weighted by atomic mass is 10.2. The van der Waals surface area contributed by atoms with Crippen LogP contribution in [0.1, 0.15) is 16.7 Å². The van der Waals surface area contributed by atoms with Crippen molar-refractivity contribution in [1.82, 2.24) is 0 Å². The lowest BCUT2D eigenvalue weighted by Crippen LogP contribution is -1.92. The van der Waals surface area contributed by atoms with E-state index < -0.39 is 0 Å². The molecule has 0 heterocycles. The average molecular weight is 244 g/mol. The van der Waals surface area contributed by atoms with E-state index in [1.54, 1.807) is 0 Å². The Balaban J connectivity index is 2.10. The quantitative estimate of drug-likeness (QED) is 0.717. The predicted octanol–water partition coefficient (Wildman–Crippen LogP) is 4.18. The lowest BCUT2D eigenvalue weighted by Gasteiger charge is -2.00. The van der Waals surface area contributed by atoms with Crippen molar-refractivity contribution in [1.29, 1.82) is 0 Å². The van der Waals surface area contributed by atoms with E-state index in [0.717, 1.165) is 11.1 Å². The van der Waals surface area contributed by atoms with Gasteiger partial charge in [0.15, 0.2) is 0 Å². The van der Waals surface area contributed by atoms with Crippen LogP contribution < -0.4 is 0 Å². The molecule has 0 saturated carbocycles. The first-order valence-corrected chi connectivity index (χ1v) is 5.94. The Morgan fingerprint density at radius 2 is 1.65 bits per heavy atom. The fraction of sp³-hybridized carbons (Fsp3) is 0.133. The first-order chi connectivity index (χ1) is 8.25. The molecule has 2 rings (SSSR count). The standard InChI is InChI=1S/C15H14ClN/c1-12-7-9-14(10-8-12)15(16)17-11-13-5-3-2-4-6-13/h2-10H,11H2,1H3. The molecule has 0 radical (unpaired) electrons. The third-order valence-corrected chi connectivity index (χ3v) is 2.87. The number of aliphatic imine (C=N–C) groups is 1. The van der Waals surface area contributed by atoms with E-state index in [9.17, 15) is 0 Å². The van der Waals surface area contributed by atoms with Crippen molar-refractivity contribution in [3.05, 3.63) is 71.3 Å². The smallest absolute Gasteiger partial charge is 0.131 e. The summed E-state index contributed by atoms with van der Waals surface area (Å²) in [7, 11) is 0. The van der Waals surface area contributed by atoms with Crippen LogP contribution in [0, 0.1) is 6.92 Å². The Hall–Kier alpha value is -1.60. The van der Waals surface area contributed by atoms with Crippen LogP contribution in [-0.2, 0) is 6.54 Å². The van der Waals surface area contributed by atoms with Gasteiger partial charge in [-0.2, -0.15) is 0 Å². The second-order valence-corrected chi connectivity index (χ2v) is 4.32. The van der Waals surface area contributed by atoms with Crippen LogP contribution in [-0.4, -0.2) is 5.17 Å². The molecule has 17 heavy (non-hydrogen) atoms. The van der Waals surface area contributed by atoms with Crippen molar-refractivity contribution in [2.24, 2.45) is 4.99 Å². The molecule has 0 unspecified atom stereocenters. The van der Waals surface area contributed by atoms with Gasteiger partial charge in [0.25, 0.3) is 0 Å². The van der Waals surface area contributed by atoms with Crippen LogP contribution in [0.4, 0.5) is 0 Å². The molecule has 0 fully saturated rings. The van der Waals surface area contributed by atoms with Crippen LogP contribution in [0.5, 0.6) is 0 Å². The van der Waals surface area contributed by atoms with Gasteiger partial charge in [-0.25, -0.2) is 0 Å². The number of rotatable bonds is 3. The molecular formula is C15H14ClN. The molecule has 0 aliphatic rings. The summed E-state index contributed by atoms with van der Waals surface area (Å²) in [5.74, 6) is 0. The van der Waals surface area contributed by atoms with Gasteiger partial charge in [0.2, 0.25) is 0 Å². The summed E-state index contributed by atoms with van der Waals surface area (Å²) in [5, 5.41) is 0.564. The average Bonchev–Trinajstić information content (AvgIpc) is 2.38. The summed E-state index contributed by atoms with van der Waals surface area (Å²) in [4.78, 5) is 4.38. The molecule has 0 aromatic heterocycles. The van der Waals surface area contributed by atoms with Gasteiger partial charge in [-0.15, -0.1) is 0 Å². The fourth-order valence-electron chi connectivity index (χ4n) is 1.53. The fourth-order valence-corrected chi connectivity index (χ4v) is 1.71. The largest absolute Gasteiger partial charge is 0.268 e. The molecule has 1 nitrogen and oxygen atoms in total. The van der Waals surface area contributed by atoms with Crippen LogP contribution in [0.25, 0.3) is 0 Å². The van der Waals surface area contributed by atoms with Gasteiger partial charge in [0, 0.05) is 5.56 Å². The normalized spacial score (nSPS) is 11.5. The van der Waals surface area contributed by atoms with Crippen molar-refractivity contribution < 1.29 is 0 Å². The van der Waals surface area contributed by atoms with E-state index in [0.29, 0.717) is 11.7 Å². The minimum atomic E-state index is 0.564. The predicted molar refractivity (Wildman–Crippen MR) is 73.7 cm³/mol. The highest BCUT2D eigenvalue weighted by Gasteiger charge is 1.98. The number of hydrogen-bond acceptors (Lipinski definition) is 1. The highest BCUT2D eigenvalue weighted by molar-refractivity contribution is 6.69. The van der Waals surface area contributed by atoms with Gasteiger partial charge in [0.05, 0.1) is 6.54 Å². The van der Waals surface area contributed by atoms with Gasteiger partial charge in [-0.1, -0.05) is 71.8 Å². The molecular weight excluding hydrogens is 230 g/mol. The molecule has 2 aromatic rings. The summed E-state index contributed by atoms with van der Waals surface area (Å²) < 4.78 is 0. The summed E-state index contributed by atoms with van der Waals surface area (Å²) in [5.41, 5.74) is 3.35. The van der Waals surface area contributed by atoms with Crippen molar-refractivity contribution >= 4 is 16.8 Å². The summed E-state index contributed by atoms with van der Waals surface area (Å²) in [6, 6.07) is 18.2. The zero-order chi connectivity index (χ0) is 12.1. The molecule has 0 amide bonds. The summed E-state index contributed by atoms with van der Waals surface area (Å²) in [6.07, 6.45) is 0. The molecule has 2 heteroatoms. The van der Waals surface area contributed by atoms with Gasteiger partial charge >= 0.3 is 0 Å². The van der Waals surface area contributed by atoms with Gasteiger partial charge < -0.3 is 0 Å². The van der Waals surface area contributed by atoms with Gasteiger partial charge in [-0.3, -0.25) is 4.99 Å². The topological polar surface area (TPSA) is 12.4 Å². The van der Waals surface area contributed by atoms with Gasteiger partial charge in [0.1, 0.15) is 5.17 Å². The van der Waals surface area contributed by atoms with E-state index in [1.165, 1.54) is 5.56 Å². The van der Waals surface area contributed by atoms with E-state index in [2.05, 4.69) is 11.9 Å². The minimum Gasteiger partial charge on any atom is -0.268 e. The molecule has 86 valence electrons. The Kier molecular flexibility index (Phi) is 3.94. The molecule has 0 spiro atoms. The molecule has 2 aromatic carbocycles. The first-order valence-electron chi connectivity index (χ1n) is 5.56. The van der Waals surface area contributed by atoms with E-state index >= 15 is 0 Å². The van der Waals surface area contributed by atoms with Crippen LogP contribution in [0.3, 0.4) is 0 Å². The number of nitrogens with zero attached hydrogens (tertiary/aromatic N) is 1. The molecule has 0 aliphatic carbocycles. The lowest BCUT2D eigenvalue weighted by molar-refractivity contribution is 1.07. The van der Waals surface area contributed by atoms with E-state index in [1.807, 2.05) is 54.6 Å². The molecule has 0 N–H and O–H groups in total. The third kappa shape index (κ3) is 3.43. The maximum Gasteiger partial charge on any atom is 0.131 e. The second kappa shape index (κ2) is 5.65. The number of hydrogen-bond donors (Lipinski definition) is 0. The number of aryl methyl sites for hydroxylation is 1. The Labute approximate surface area is 107 Å². The molecule has 0 aliphatic heterocycles. The zero-order valence-electron chi connectivity index (χ0n) is 9.73. The van der Waals surface area contributed by atoms with Crippen molar-refractivity contribution in [3.63, 3.8) is 0 Å². The van der Waals surface area contributed by atoms with Crippen molar-refractivity contribution in [3.8, 4) is 0 Å². The van der Waals surface area contributed by atoms with Crippen LogP contribution in [0.2, 0.25) is 0 Å². The van der Waals surface area contributed by atoms with E-state index in [4.69, 9.17) is 11.6 Å². The summed E-state index contributed by atoms with van der Waals surface area (Å²) in [6.45, 7) is 2.67.